The number of aromatic nitrogens is 2. The second-order valence-corrected chi connectivity index (χ2v) is 8.35. The molecule has 0 atom stereocenters. The van der Waals surface area contributed by atoms with E-state index in [2.05, 4.69) is 14.9 Å². The van der Waals surface area contributed by atoms with Gasteiger partial charge in [-0.15, -0.1) is 0 Å². The minimum Gasteiger partial charge on any atom is -0.497 e. The lowest BCUT2D eigenvalue weighted by molar-refractivity contribution is 0.376. The maximum Gasteiger partial charge on any atom is 0.242 e. The van der Waals surface area contributed by atoms with Crippen LogP contribution in [0.2, 0.25) is 0 Å². The zero-order valence-corrected chi connectivity index (χ0v) is 16.7. The Morgan fingerprint density at radius 1 is 1.03 bits per heavy atom. The first-order chi connectivity index (χ1) is 13.9. The molecule has 4 rings (SSSR count). The third-order valence-corrected chi connectivity index (χ3v) is 5.89. The van der Waals surface area contributed by atoms with Crippen molar-refractivity contribution in [3.8, 4) is 17.1 Å². The maximum atomic E-state index is 12.7. The van der Waals surface area contributed by atoms with Crippen LogP contribution in [0.25, 0.3) is 22.2 Å². The molecular weight excluding hydrogens is 390 g/mol. The molecule has 0 fully saturated rings. The van der Waals surface area contributed by atoms with Gasteiger partial charge in [0.1, 0.15) is 5.75 Å². The van der Waals surface area contributed by atoms with E-state index >= 15 is 0 Å². The number of hydrogen-bond donors (Lipinski definition) is 1. The van der Waals surface area contributed by atoms with Crippen LogP contribution in [0.4, 0.5) is 0 Å². The lowest BCUT2D eigenvalue weighted by Gasteiger charge is -2.07. The first kappa shape index (κ1) is 19.1. The smallest absolute Gasteiger partial charge is 0.242 e. The monoisotopic (exact) mass is 409 g/mol. The molecule has 8 heteroatoms. The predicted molar refractivity (Wildman–Crippen MR) is 109 cm³/mol. The molecule has 1 heterocycles. The van der Waals surface area contributed by atoms with Crippen LogP contribution in [0, 0.1) is 6.92 Å². The predicted octanol–water partition coefficient (Wildman–Crippen LogP) is 3.69. The largest absolute Gasteiger partial charge is 0.497 e. The van der Waals surface area contributed by atoms with E-state index in [-0.39, 0.29) is 17.3 Å². The van der Waals surface area contributed by atoms with Gasteiger partial charge in [0.25, 0.3) is 0 Å². The highest BCUT2D eigenvalue weighted by Crippen LogP contribution is 2.24. The molecule has 0 amide bonds. The lowest BCUT2D eigenvalue weighted by Crippen LogP contribution is -2.23. The van der Waals surface area contributed by atoms with E-state index in [9.17, 15) is 8.42 Å². The molecule has 0 saturated heterocycles. The Kier molecular flexibility index (Phi) is 5.04. The van der Waals surface area contributed by atoms with Gasteiger partial charge in [-0.25, -0.2) is 13.1 Å². The highest BCUT2D eigenvalue weighted by Gasteiger charge is 2.17. The molecule has 29 heavy (non-hydrogen) atoms. The maximum absolute atomic E-state index is 12.7. The minimum atomic E-state index is -3.74. The van der Waals surface area contributed by atoms with Crippen molar-refractivity contribution in [2.45, 2.75) is 18.4 Å². The standard InChI is InChI=1S/C21H19N3O4S/c1-14-4-3-5-17(10-14)21-23-20(28-24-21)13-22-29(25,26)19-9-7-15-11-18(27-2)8-6-16(15)12-19/h3-12,22H,13H2,1-2H3. The van der Waals surface area contributed by atoms with Crippen molar-refractivity contribution in [1.29, 1.82) is 0 Å². The quantitative estimate of drug-likeness (QED) is 0.522. The minimum absolute atomic E-state index is 0.0954. The fourth-order valence-corrected chi connectivity index (χ4v) is 3.97. The van der Waals surface area contributed by atoms with Gasteiger partial charge in [-0.2, -0.15) is 4.98 Å². The summed E-state index contributed by atoms with van der Waals surface area (Å²) in [5, 5.41) is 5.62. The summed E-state index contributed by atoms with van der Waals surface area (Å²) in [5.41, 5.74) is 1.89. The van der Waals surface area contributed by atoms with Crippen LogP contribution in [0.3, 0.4) is 0 Å². The Balaban J connectivity index is 1.51. The molecule has 1 aromatic heterocycles. The first-order valence-corrected chi connectivity index (χ1v) is 10.4. The van der Waals surface area contributed by atoms with E-state index in [1.807, 2.05) is 43.3 Å². The van der Waals surface area contributed by atoms with Crippen LogP contribution in [0.5, 0.6) is 5.75 Å². The number of nitrogens with one attached hydrogen (secondary N) is 1. The van der Waals surface area contributed by atoms with Gasteiger partial charge >= 0.3 is 0 Å². The number of hydrogen-bond acceptors (Lipinski definition) is 6. The molecule has 3 aromatic carbocycles. The third-order valence-electron chi connectivity index (χ3n) is 4.49. The normalized spacial score (nSPS) is 11.7. The molecular formula is C21H19N3O4S. The Labute approximate surface area is 168 Å². The van der Waals surface area contributed by atoms with E-state index in [0.717, 1.165) is 21.9 Å². The van der Waals surface area contributed by atoms with Gasteiger partial charge in [-0.05, 0) is 48.0 Å². The molecule has 0 unspecified atom stereocenters. The van der Waals surface area contributed by atoms with Crippen LogP contribution in [-0.2, 0) is 16.6 Å². The van der Waals surface area contributed by atoms with Crippen LogP contribution in [-0.4, -0.2) is 25.7 Å². The number of sulfonamides is 1. The summed E-state index contributed by atoms with van der Waals surface area (Å²) < 4.78 is 38.2. The summed E-state index contributed by atoms with van der Waals surface area (Å²) in [5.74, 6) is 1.32. The topological polar surface area (TPSA) is 94.3 Å². The van der Waals surface area contributed by atoms with Crippen LogP contribution < -0.4 is 9.46 Å². The number of nitrogens with zero attached hydrogens (tertiary/aromatic N) is 2. The van der Waals surface area contributed by atoms with E-state index in [1.165, 1.54) is 0 Å². The molecule has 7 nitrogen and oxygen atoms in total. The SMILES string of the molecule is COc1ccc2cc(S(=O)(=O)NCc3nc(-c4cccc(C)c4)no3)ccc2c1. The second-order valence-electron chi connectivity index (χ2n) is 6.58. The van der Waals surface area contributed by atoms with Crippen molar-refractivity contribution < 1.29 is 17.7 Å². The molecule has 0 saturated carbocycles. The summed E-state index contributed by atoms with van der Waals surface area (Å²) in [6, 6.07) is 18.0. The van der Waals surface area contributed by atoms with Gasteiger partial charge in [-0.1, -0.05) is 41.1 Å². The van der Waals surface area contributed by atoms with Gasteiger partial charge in [0.2, 0.25) is 21.7 Å². The molecule has 0 spiro atoms. The summed E-state index contributed by atoms with van der Waals surface area (Å²) in [7, 11) is -2.15. The number of methoxy groups -OCH3 is 1. The van der Waals surface area contributed by atoms with Gasteiger partial charge in [-0.3, -0.25) is 0 Å². The van der Waals surface area contributed by atoms with Crippen molar-refractivity contribution in [1.82, 2.24) is 14.9 Å². The average Bonchev–Trinajstić information content (AvgIpc) is 3.21. The average molecular weight is 409 g/mol. The fraction of sp³-hybridized carbons (Fsp3) is 0.143. The Bertz CT molecular complexity index is 1280. The van der Waals surface area contributed by atoms with Crippen molar-refractivity contribution >= 4 is 20.8 Å². The molecule has 0 bridgehead atoms. The Morgan fingerprint density at radius 2 is 1.83 bits per heavy atom. The van der Waals surface area contributed by atoms with Gasteiger partial charge < -0.3 is 9.26 Å². The highest BCUT2D eigenvalue weighted by atomic mass is 32.2. The van der Waals surface area contributed by atoms with E-state index in [4.69, 9.17) is 9.26 Å². The molecule has 148 valence electrons. The zero-order valence-electron chi connectivity index (χ0n) is 15.9. The Hall–Kier alpha value is -3.23. The molecule has 1 N–H and O–H groups in total. The Morgan fingerprint density at radius 3 is 2.62 bits per heavy atom. The van der Waals surface area contributed by atoms with Gasteiger partial charge in [0.15, 0.2) is 0 Å². The lowest BCUT2D eigenvalue weighted by atomic mass is 10.1. The van der Waals surface area contributed by atoms with Crippen molar-refractivity contribution in [2.24, 2.45) is 0 Å². The van der Waals surface area contributed by atoms with E-state index < -0.39 is 10.0 Å². The van der Waals surface area contributed by atoms with Crippen molar-refractivity contribution in [2.75, 3.05) is 7.11 Å². The zero-order chi connectivity index (χ0) is 20.4. The number of fused-ring (bicyclic) bond motifs is 1. The molecule has 0 aliphatic rings. The van der Waals surface area contributed by atoms with Gasteiger partial charge in [0, 0.05) is 5.56 Å². The van der Waals surface area contributed by atoms with Crippen molar-refractivity contribution in [3.63, 3.8) is 0 Å². The molecule has 0 radical (unpaired) electrons. The van der Waals surface area contributed by atoms with Crippen LogP contribution in [0.1, 0.15) is 11.5 Å². The number of ether oxygens (including phenoxy) is 1. The number of rotatable bonds is 6. The van der Waals surface area contributed by atoms with Crippen LogP contribution >= 0.6 is 0 Å². The van der Waals surface area contributed by atoms with E-state index in [0.29, 0.717) is 11.6 Å². The van der Waals surface area contributed by atoms with Gasteiger partial charge in [0.05, 0.1) is 18.6 Å². The first-order valence-electron chi connectivity index (χ1n) is 8.92. The summed E-state index contributed by atoms with van der Waals surface area (Å²) in [6.45, 7) is 1.88. The third kappa shape index (κ3) is 4.13. The van der Waals surface area contributed by atoms with Crippen molar-refractivity contribution in [3.05, 3.63) is 72.1 Å². The summed E-state index contributed by atoms with van der Waals surface area (Å²) >= 11 is 0. The summed E-state index contributed by atoms with van der Waals surface area (Å²) in [4.78, 5) is 4.43. The summed E-state index contributed by atoms with van der Waals surface area (Å²) in [6.07, 6.45) is 0. The van der Waals surface area contributed by atoms with Crippen LogP contribution in [0.15, 0.2) is 70.1 Å². The number of aryl methyl sites for hydroxylation is 1. The molecule has 0 aliphatic heterocycles. The fourth-order valence-electron chi connectivity index (χ4n) is 2.96. The highest BCUT2D eigenvalue weighted by molar-refractivity contribution is 7.89. The second kappa shape index (κ2) is 7.65. The van der Waals surface area contributed by atoms with E-state index in [1.54, 1.807) is 31.4 Å². The number of benzene rings is 3. The molecule has 0 aliphatic carbocycles. The molecule has 4 aromatic rings.